The molecule has 0 radical (unpaired) electrons. The van der Waals surface area contributed by atoms with Crippen molar-refractivity contribution in [3.8, 4) is 0 Å². The summed E-state index contributed by atoms with van der Waals surface area (Å²) in [6.07, 6.45) is 2.52. The highest BCUT2D eigenvalue weighted by molar-refractivity contribution is 5.51. The third-order valence-corrected chi connectivity index (χ3v) is 3.98. The zero-order valence-electron chi connectivity index (χ0n) is 11.2. The van der Waals surface area contributed by atoms with Gasteiger partial charge >= 0.3 is 0 Å². The molecule has 17 heavy (non-hydrogen) atoms. The van der Waals surface area contributed by atoms with Gasteiger partial charge in [-0.25, -0.2) is 0 Å². The second kappa shape index (κ2) is 4.69. The molecule has 2 rings (SSSR count). The SMILES string of the molecule is Cc1cc(N2CCC(C)(C)CC2)ccc1CO. The minimum Gasteiger partial charge on any atom is -0.392 e. The molecule has 0 aromatic heterocycles. The highest BCUT2D eigenvalue weighted by Gasteiger charge is 2.25. The van der Waals surface area contributed by atoms with E-state index in [4.69, 9.17) is 0 Å². The van der Waals surface area contributed by atoms with Crippen LogP contribution in [-0.4, -0.2) is 18.2 Å². The van der Waals surface area contributed by atoms with Gasteiger partial charge in [0.05, 0.1) is 6.61 Å². The molecule has 1 aliphatic rings. The second-order valence-corrected chi connectivity index (χ2v) is 5.92. The van der Waals surface area contributed by atoms with Gasteiger partial charge in [0.1, 0.15) is 0 Å². The Morgan fingerprint density at radius 2 is 1.88 bits per heavy atom. The monoisotopic (exact) mass is 233 g/mol. The molecule has 1 heterocycles. The molecule has 94 valence electrons. The van der Waals surface area contributed by atoms with Crippen LogP contribution in [0.15, 0.2) is 18.2 Å². The van der Waals surface area contributed by atoms with E-state index in [0.717, 1.165) is 18.7 Å². The van der Waals surface area contributed by atoms with Gasteiger partial charge < -0.3 is 10.0 Å². The minimum atomic E-state index is 0.138. The molecule has 0 saturated carbocycles. The van der Waals surface area contributed by atoms with Crippen LogP contribution in [0.1, 0.15) is 37.8 Å². The van der Waals surface area contributed by atoms with E-state index in [2.05, 4.69) is 37.8 Å². The molecule has 2 nitrogen and oxygen atoms in total. The minimum absolute atomic E-state index is 0.138. The van der Waals surface area contributed by atoms with Crippen molar-refractivity contribution in [3.05, 3.63) is 29.3 Å². The van der Waals surface area contributed by atoms with Gasteiger partial charge in [-0.15, -0.1) is 0 Å². The van der Waals surface area contributed by atoms with Crippen molar-refractivity contribution in [2.24, 2.45) is 5.41 Å². The molecule has 1 aromatic rings. The number of aliphatic hydroxyl groups excluding tert-OH is 1. The van der Waals surface area contributed by atoms with Crippen LogP contribution in [0.2, 0.25) is 0 Å². The maximum absolute atomic E-state index is 9.17. The molecule has 2 heteroatoms. The number of hydrogen-bond acceptors (Lipinski definition) is 2. The van der Waals surface area contributed by atoms with Crippen LogP contribution >= 0.6 is 0 Å². The van der Waals surface area contributed by atoms with Crippen LogP contribution in [-0.2, 0) is 6.61 Å². The third-order valence-electron chi connectivity index (χ3n) is 3.98. The van der Waals surface area contributed by atoms with Gasteiger partial charge in [0.15, 0.2) is 0 Å². The van der Waals surface area contributed by atoms with Gasteiger partial charge in [-0.05, 0) is 48.4 Å². The van der Waals surface area contributed by atoms with Crippen molar-refractivity contribution in [1.29, 1.82) is 0 Å². The summed E-state index contributed by atoms with van der Waals surface area (Å²) < 4.78 is 0. The summed E-state index contributed by atoms with van der Waals surface area (Å²) in [6.45, 7) is 9.20. The zero-order valence-corrected chi connectivity index (χ0v) is 11.2. The quantitative estimate of drug-likeness (QED) is 0.848. The molecule has 0 atom stereocenters. The van der Waals surface area contributed by atoms with Crippen molar-refractivity contribution in [2.45, 2.75) is 40.2 Å². The Labute approximate surface area is 104 Å². The molecule has 0 aliphatic carbocycles. The highest BCUT2D eigenvalue weighted by atomic mass is 16.3. The Kier molecular flexibility index (Phi) is 3.43. The number of nitrogens with zero attached hydrogens (tertiary/aromatic N) is 1. The number of piperidine rings is 1. The molecular formula is C15H23NO. The van der Waals surface area contributed by atoms with E-state index in [0.29, 0.717) is 5.41 Å². The van der Waals surface area contributed by atoms with Crippen molar-refractivity contribution in [1.82, 2.24) is 0 Å². The lowest BCUT2D eigenvalue weighted by molar-refractivity contribution is 0.279. The van der Waals surface area contributed by atoms with Crippen molar-refractivity contribution < 1.29 is 5.11 Å². The van der Waals surface area contributed by atoms with Crippen molar-refractivity contribution in [2.75, 3.05) is 18.0 Å². The molecule has 1 saturated heterocycles. The summed E-state index contributed by atoms with van der Waals surface area (Å²) in [5, 5.41) is 9.17. The number of hydrogen-bond donors (Lipinski definition) is 1. The first-order chi connectivity index (χ1) is 8.02. The first kappa shape index (κ1) is 12.4. The predicted octanol–water partition coefficient (Wildman–Crippen LogP) is 3.11. The van der Waals surface area contributed by atoms with E-state index >= 15 is 0 Å². The van der Waals surface area contributed by atoms with E-state index in [9.17, 15) is 5.11 Å². The van der Waals surface area contributed by atoms with Gasteiger partial charge in [-0.1, -0.05) is 19.9 Å². The smallest absolute Gasteiger partial charge is 0.0684 e. The lowest BCUT2D eigenvalue weighted by atomic mass is 9.82. The average molecular weight is 233 g/mol. The molecule has 1 N–H and O–H groups in total. The van der Waals surface area contributed by atoms with E-state index < -0.39 is 0 Å². The summed E-state index contributed by atoms with van der Waals surface area (Å²) in [4.78, 5) is 2.46. The molecule has 0 bridgehead atoms. The molecule has 1 aliphatic heterocycles. The lowest BCUT2D eigenvalue weighted by Crippen LogP contribution is -2.37. The normalized spacial score (nSPS) is 19.4. The molecule has 1 aromatic carbocycles. The topological polar surface area (TPSA) is 23.5 Å². The van der Waals surface area contributed by atoms with Crippen LogP contribution in [0.5, 0.6) is 0 Å². The number of aliphatic hydroxyl groups is 1. The van der Waals surface area contributed by atoms with Crippen LogP contribution in [0, 0.1) is 12.3 Å². The van der Waals surface area contributed by atoms with Gasteiger partial charge in [0.2, 0.25) is 0 Å². The van der Waals surface area contributed by atoms with E-state index in [-0.39, 0.29) is 6.61 Å². The summed E-state index contributed by atoms with van der Waals surface area (Å²) in [5.74, 6) is 0. The molecule has 0 spiro atoms. The van der Waals surface area contributed by atoms with E-state index in [1.807, 2.05) is 6.07 Å². The Morgan fingerprint density at radius 3 is 2.41 bits per heavy atom. The van der Waals surface area contributed by atoms with E-state index in [1.165, 1.54) is 24.1 Å². The van der Waals surface area contributed by atoms with Gasteiger partial charge in [0.25, 0.3) is 0 Å². The first-order valence-electron chi connectivity index (χ1n) is 6.47. The number of anilines is 1. The predicted molar refractivity (Wildman–Crippen MR) is 72.3 cm³/mol. The Hall–Kier alpha value is -1.02. The fourth-order valence-electron chi connectivity index (χ4n) is 2.42. The van der Waals surface area contributed by atoms with Crippen LogP contribution in [0.3, 0.4) is 0 Å². The zero-order chi connectivity index (χ0) is 12.5. The van der Waals surface area contributed by atoms with Crippen LogP contribution < -0.4 is 4.90 Å². The molecular weight excluding hydrogens is 210 g/mol. The number of rotatable bonds is 2. The van der Waals surface area contributed by atoms with Crippen molar-refractivity contribution >= 4 is 5.69 Å². The first-order valence-corrected chi connectivity index (χ1v) is 6.47. The average Bonchev–Trinajstić information content (AvgIpc) is 2.29. The highest BCUT2D eigenvalue weighted by Crippen LogP contribution is 2.32. The molecule has 0 amide bonds. The van der Waals surface area contributed by atoms with Gasteiger partial charge in [-0.3, -0.25) is 0 Å². The molecule has 1 fully saturated rings. The van der Waals surface area contributed by atoms with Gasteiger partial charge in [0, 0.05) is 18.8 Å². The van der Waals surface area contributed by atoms with E-state index in [1.54, 1.807) is 0 Å². The Morgan fingerprint density at radius 1 is 1.24 bits per heavy atom. The van der Waals surface area contributed by atoms with Crippen LogP contribution in [0.4, 0.5) is 5.69 Å². The largest absolute Gasteiger partial charge is 0.392 e. The number of benzene rings is 1. The Balaban J connectivity index is 2.11. The lowest BCUT2D eigenvalue weighted by Gasteiger charge is -2.38. The standard InChI is InChI=1S/C15H23NO/c1-12-10-14(5-4-13(12)11-17)16-8-6-15(2,3)7-9-16/h4-5,10,17H,6-9,11H2,1-3H3. The third kappa shape index (κ3) is 2.81. The van der Waals surface area contributed by atoms with Crippen LogP contribution in [0.25, 0.3) is 0 Å². The fraction of sp³-hybridized carbons (Fsp3) is 0.600. The fourth-order valence-corrected chi connectivity index (χ4v) is 2.42. The number of aryl methyl sites for hydroxylation is 1. The Bertz CT molecular complexity index is 388. The summed E-state index contributed by atoms with van der Waals surface area (Å²) in [7, 11) is 0. The molecule has 0 unspecified atom stereocenters. The second-order valence-electron chi connectivity index (χ2n) is 5.92. The summed E-state index contributed by atoms with van der Waals surface area (Å²) in [5.41, 5.74) is 4.02. The van der Waals surface area contributed by atoms with Crippen molar-refractivity contribution in [3.63, 3.8) is 0 Å². The van der Waals surface area contributed by atoms with Gasteiger partial charge in [-0.2, -0.15) is 0 Å². The summed E-state index contributed by atoms with van der Waals surface area (Å²) in [6, 6.07) is 6.38. The summed E-state index contributed by atoms with van der Waals surface area (Å²) >= 11 is 0. The maximum atomic E-state index is 9.17. The maximum Gasteiger partial charge on any atom is 0.0684 e.